The normalized spacial score (nSPS) is 13.6. The van der Waals surface area contributed by atoms with Crippen LogP contribution in [-0.4, -0.2) is 35.2 Å². The van der Waals surface area contributed by atoms with Crippen LogP contribution in [0.1, 0.15) is 58.7 Å². The Labute approximate surface area is 134 Å². The predicted molar refractivity (Wildman–Crippen MR) is 91.0 cm³/mol. The van der Waals surface area contributed by atoms with E-state index < -0.39 is 5.60 Å². The van der Waals surface area contributed by atoms with Gasteiger partial charge in [-0.25, -0.2) is 4.79 Å². The molecule has 0 saturated carbocycles. The minimum Gasteiger partial charge on any atom is -0.389 e. The summed E-state index contributed by atoms with van der Waals surface area (Å²) in [4.78, 5) is 13.6. The maximum absolute atomic E-state index is 12.1. The Balaban J connectivity index is 2.69. The highest BCUT2D eigenvalue weighted by molar-refractivity contribution is 5.74. The summed E-state index contributed by atoms with van der Waals surface area (Å²) >= 11 is 0. The number of hydrogen-bond donors (Lipinski definition) is 2. The summed E-state index contributed by atoms with van der Waals surface area (Å²) in [5, 5.41) is 12.7. The first kappa shape index (κ1) is 18.5. The number of rotatable bonds is 4. The molecule has 1 rings (SSSR count). The molecular formula is C18H30N2O2. The Bertz CT molecular complexity index is 495. The van der Waals surface area contributed by atoms with E-state index in [1.807, 2.05) is 6.92 Å². The summed E-state index contributed by atoms with van der Waals surface area (Å²) in [7, 11) is 1.68. The molecule has 0 radical (unpaired) electrons. The lowest BCUT2D eigenvalue weighted by atomic mass is 9.86. The first-order valence-corrected chi connectivity index (χ1v) is 7.74. The molecule has 0 aliphatic carbocycles. The van der Waals surface area contributed by atoms with Gasteiger partial charge in [-0.05, 0) is 37.3 Å². The summed E-state index contributed by atoms with van der Waals surface area (Å²) in [6.07, 6.45) is 0. The van der Waals surface area contributed by atoms with Crippen LogP contribution in [0.15, 0.2) is 24.3 Å². The SMILES string of the molecule is CC(NC(=O)N(C)CC(C)(C)O)c1ccc(C(C)(C)C)cc1. The standard InChI is InChI=1S/C18H30N2O2/c1-13(19-16(21)20(7)12-18(5,6)22)14-8-10-15(11-9-14)17(2,3)4/h8-11,13,22H,12H2,1-7H3,(H,19,21). The van der Waals surface area contributed by atoms with Crippen molar-refractivity contribution in [2.45, 2.75) is 58.6 Å². The molecule has 0 aliphatic heterocycles. The molecule has 0 spiro atoms. The van der Waals surface area contributed by atoms with Gasteiger partial charge in [0.2, 0.25) is 0 Å². The van der Waals surface area contributed by atoms with Crippen LogP contribution in [0.3, 0.4) is 0 Å². The number of nitrogens with one attached hydrogen (secondary N) is 1. The maximum Gasteiger partial charge on any atom is 0.317 e. The number of carbonyl (C=O) groups is 1. The Kier molecular flexibility index (Phi) is 5.63. The van der Waals surface area contributed by atoms with Crippen molar-refractivity contribution in [3.05, 3.63) is 35.4 Å². The van der Waals surface area contributed by atoms with Crippen molar-refractivity contribution in [2.24, 2.45) is 0 Å². The van der Waals surface area contributed by atoms with Crippen LogP contribution in [0.5, 0.6) is 0 Å². The molecule has 4 heteroatoms. The smallest absolute Gasteiger partial charge is 0.317 e. The maximum atomic E-state index is 12.1. The summed E-state index contributed by atoms with van der Waals surface area (Å²) in [6.45, 7) is 12.2. The molecule has 0 fully saturated rings. The van der Waals surface area contributed by atoms with E-state index in [2.05, 4.69) is 50.4 Å². The second-order valence-electron chi connectivity index (χ2n) is 7.71. The van der Waals surface area contributed by atoms with Gasteiger partial charge in [0.1, 0.15) is 0 Å². The molecule has 1 aromatic carbocycles. The van der Waals surface area contributed by atoms with Crippen LogP contribution in [0.25, 0.3) is 0 Å². The van der Waals surface area contributed by atoms with E-state index in [-0.39, 0.29) is 24.0 Å². The number of urea groups is 1. The van der Waals surface area contributed by atoms with Gasteiger partial charge in [0, 0.05) is 7.05 Å². The third kappa shape index (κ3) is 5.68. The zero-order valence-corrected chi connectivity index (χ0v) is 14.9. The molecule has 0 heterocycles. The highest BCUT2D eigenvalue weighted by Crippen LogP contribution is 2.24. The van der Waals surface area contributed by atoms with Gasteiger partial charge in [-0.3, -0.25) is 0 Å². The fourth-order valence-corrected chi connectivity index (χ4v) is 2.30. The number of amides is 2. The van der Waals surface area contributed by atoms with Crippen molar-refractivity contribution >= 4 is 6.03 Å². The highest BCUT2D eigenvalue weighted by atomic mass is 16.3. The van der Waals surface area contributed by atoms with E-state index in [4.69, 9.17) is 0 Å². The van der Waals surface area contributed by atoms with Gasteiger partial charge in [0.25, 0.3) is 0 Å². The lowest BCUT2D eigenvalue weighted by Gasteiger charge is -2.27. The van der Waals surface area contributed by atoms with Gasteiger partial charge in [0.05, 0.1) is 18.2 Å². The molecule has 0 aromatic heterocycles. The van der Waals surface area contributed by atoms with E-state index in [0.29, 0.717) is 0 Å². The third-order valence-electron chi connectivity index (χ3n) is 3.59. The van der Waals surface area contributed by atoms with E-state index in [0.717, 1.165) is 5.56 Å². The topological polar surface area (TPSA) is 52.6 Å². The zero-order chi connectivity index (χ0) is 17.1. The average Bonchev–Trinajstić information content (AvgIpc) is 2.35. The van der Waals surface area contributed by atoms with E-state index in [9.17, 15) is 9.90 Å². The van der Waals surface area contributed by atoms with Gasteiger partial charge in [-0.2, -0.15) is 0 Å². The molecule has 4 nitrogen and oxygen atoms in total. The summed E-state index contributed by atoms with van der Waals surface area (Å²) in [5.41, 5.74) is 1.56. The van der Waals surface area contributed by atoms with E-state index in [1.165, 1.54) is 10.5 Å². The summed E-state index contributed by atoms with van der Waals surface area (Å²) in [5.74, 6) is 0. The van der Waals surface area contributed by atoms with Crippen LogP contribution >= 0.6 is 0 Å². The van der Waals surface area contributed by atoms with Crippen LogP contribution in [-0.2, 0) is 5.41 Å². The Morgan fingerprint density at radius 2 is 1.68 bits per heavy atom. The fraction of sp³-hybridized carbons (Fsp3) is 0.611. The van der Waals surface area contributed by atoms with Crippen LogP contribution in [0, 0.1) is 0 Å². The second kappa shape index (κ2) is 6.69. The van der Waals surface area contributed by atoms with Crippen molar-refractivity contribution in [3.8, 4) is 0 Å². The molecule has 1 atom stereocenters. The fourth-order valence-electron chi connectivity index (χ4n) is 2.30. The quantitative estimate of drug-likeness (QED) is 0.895. The number of aliphatic hydroxyl groups is 1. The molecular weight excluding hydrogens is 276 g/mol. The minimum absolute atomic E-state index is 0.0780. The molecule has 22 heavy (non-hydrogen) atoms. The van der Waals surface area contributed by atoms with Gasteiger partial charge >= 0.3 is 6.03 Å². The largest absolute Gasteiger partial charge is 0.389 e. The molecule has 1 aromatic rings. The van der Waals surface area contributed by atoms with Crippen molar-refractivity contribution in [1.29, 1.82) is 0 Å². The van der Waals surface area contributed by atoms with Crippen molar-refractivity contribution in [3.63, 3.8) is 0 Å². The average molecular weight is 306 g/mol. The van der Waals surface area contributed by atoms with Crippen molar-refractivity contribution in [2.75, 3.05) is 13.6 Å². The van der Waals surface area contributed by atoms with Crippen molar-refractivity contribution in [1.82, 2.24) is 10.2 Å². The van der Waals surface area contributed by atoms with E-state index in [1.54, 1.807) is 20.9 Å². The number of likely N-dealkylation sites (N-methyl/N-ethyl adjacent to an activating group) is 1. The second-order valence-corrected chi connectivity index (χ2v) is 7.71. The molecule has 0 saturated heterocycles. The Morgan fingerprint density at radius 3 is 2.09 bits per heavy atom. The monoisotopic (exact) mass is 306 g/mol. The first-order chi connectivity index (χ1) is 9.90. The minimum atomic E-state index is -0.899. The Hall–Kier alpha value is -1.55. The number of hydrogen-bond acceptors (Lipinski definition) is 2. The summed E-state index contributed by atoms with van der Waals surface area (Å²) in [6, 6.07) is 8.07. The highest BCUT2D eigenvalue weighted by Gasteiger charge is 2.21. The third-order valence-corrected chi connectivity index (χ3v) is 3.59. The summed E-state index contributed by atoms with van der Waals surface area (Å²) < 4.78 is 0. The van der Waals surface area contributed by atoms with Gasteiger partial charge < -0.3 is 15.3 Å². The lowest BCUT2D eigenvalue weighted by molar-refractivity contribution is 0.0528. The number of nitrogens with zero attached hydrogens (tertiary/aromatic N) is 1. The number of carbonyl (C=O) groups excluding carboxylic acids is 1. The zero-order valence-electron chi connectivity index (χ0n) is 14.9. The Morgan fingerprint density at radius 1 is 1.18 bits per heavy atom. The van der Waals surface area contributed by atoms with Gasteiger partial charge in [-0.1, -0.05) is 45.0 Å². The molecule has 124 valence electrons. The van der Waals surface area contributed by atoms with E-state index >= 15 is 0 Å². The van der Waals surface area contributed by atoms with Gasteiger partial charge in [-0.15, -0.1) is 0 Å². The lowest BCUT2D eigenvalue weighted by Crippen LogP contribution is -2.45. The predicted octanol–water partition coefficient (Wildman–Crippen LogP) is 3.46. The molecule has 0 bridgehead atoms. The van der Waals surface area contributed by atoms with Crippen LogP contribution in [0.4, 0.5) is 4.79 Å². The van der Waals surface area contributed by atoms with Crippen LogP contribution in [0.2, 0.25) is 0 Å². The van der Waals surface area contributed by atoms with Gasteiger partial charge in [0.15, 0.2) is 0 Å². The molecule has 2 amide bonds. The molecule has 0 aliphatic rings. The molecule has 1 unspecified atom stereocenters. The number of benzene rings is 1. The van der Waals surface area contributed by atoms with Crippen molar-refractivity contribution < 1.29 is 9.90 Å². The van der Waals surface area contributed by atoms with Crippen LogP contribution < -0.4 is 5.32 Å². The first-order valence-electron chi connectivity index (χ1n) is 7.74. The molecule has 2 N–H and O–H groups in total.